The highest BCUT2D eigenvalue weighted by Gasteiger charge is 1.75. The van der Waals surface area contributed by atoms with Gasteiger partial charge in [0, 0.05) is 5.03 Å². The number of rotatable bonds is 2. The molecule has 0 amide bonds. The van der Waals surface area contributed by atoms with Crippen LogP contribution in [0.4, 0.5) is 0 Å². The van der Waals surface area contributed by atoms with E-state index in [2.05, 4.69) is 6.92 Å². The van der Waals surface area contributed by atoms with Crippen molar-refractivity contribution in [1.82, 2.24) is 0 Å². The summed E-state index contributed by atoms with van der Waals surface area (Å²) in [6.45, 7) is 4.00. The van der Waals surface area contributed by atoms with Crippen molar-refractivity contribution in [3.63, 3.8) is 0 Å². The van der Waals surface area contributed by atoms with Gasteiger partial charge < -0.3 is 0 Å². The second-order valence-corrected chi connectivity index (χ2v) is 1.92. The van der Waals surface area contributed by atoms with Gasteiger partial charge >= 0.3 is 0 Å². The SMILES string of the molecule is C/C=C(Cl)\C=C/CC. The van der Waals surface area contributed by atoms with Crippen molar-refractivity contribution in [2.75, 3.05) is 0 Å². The summed E-state index contributed by atoms with van der Waals surface area (Å²) in [5.41, 5.74) is 0. The summed E-state index contributed by atoms with van der Waals surface area (Å²) in [4.78, 5) is 0. The van der Waals surface area contributed by atoms with Crippen LogP contribution >= 0.6 is 11.6 Å². The van der Waals surface area contributed by atoms with E-state index in [1.54, 1.807) is 0 Å². The maximum Gasteiger partial charge on any atom is 0.0360 e. The van der Waals surface area contributed by atoms with Crippen LogP contribution in [-0.4, -0.2) is 0 Å². The largest absolute Gasteiger partial charge is 0.0847 e. The summed E-state index contributed by atoms with van der Waals surface area (Å²) in [7, 11) is 0. The fourth-order valence-corrected chi connectivity index (χ4v) is 0.416. The van der Waals surface area contributed by atoms with Crippen LogP contribution in [0.25, 0.3) is 0 Å². The molecule has 0 saturated carbocycles. The van der Waals surface area contributed by atoms with Crippen LogP contribution in [0.1, 0.15) is 20.3 Å². The molecule has 0 N–H and O–H groups in total. The average molecular weight is 131 g/mol. The summed E-state index contributed by atoms with van der Waals surface area (Å²) in [6.07, 6.45) is 6.85. The van der Waals surface area contributed by atoms with E-state index in [1.807, 2.05) is 25.2 Å². The van der Waals surface area contributed by atoms with Gasteiger partial charge in [-0.05, 0) is 19.4 Å². The topological polar surface area (TPSA) is 0 Å². The molecule has 0 saturated heterocycles. The fraction of sp³-hybridized carbons (Fsp3) is 0.429. The molecule has 8 heavy (non-hydrogen) atoms. The molecule has 0 aromatic heterocycles. The van der Waals surface area contributed by atoms with E-state index in [0.717, 1.165) is 11.5 Å². The Balaban J connectivity index is 3.53. The minimum absolute atomic E-state index is 0.812. The molecule has 0 atom stereocenters. The number of hydrogen-bond acceptors (Lipinski definition) is 0. The highest BCUT2D eigenvalue weighted by atomic mass is 35.5. The smallest absolute Gasteiger partial charge is 0.0360 e. The lowest BCUT2D eigenvalue weighted by Gasteiger charge is -1.81. The quantitative estimate of drug-likeness (QED) is 0.504. The molecule has 0 aliphatic carbocycles. The van der Waals surface area contributed by atoms with Crippen molar-refractivity contribution >= 4 is 11.6 Å². The number of hydrogen-bond donors (Lipinski definition) is 0. The molecule has 0 radical (unpaired) electrons. The monoisotopic (exact) mass is 130 g/mol. The summed E-state index contributed by atoms with van der Waals surface area (Å²) >= 11 is 5.62. The van der Waals surface area contributed by atoms with E-state index in [0.29, 0.717) is 0 Å². The normalized spacial score (nSPS) is 13.1. The Kier molecular flexibility index (Phi) is 4.78. The minimum Gasteiger partial charge on any atom is -0.0847 e. The Bertz CT molecular complexity index is 101. The predicted molar refractivity (Wildman–Crippen MR) is 39.0 cm³/mol. The zero-order valence-electron chi connectivity index (χ0n) is 5.32. The molecule has 0 aliphatic rings. The van der Waals surface area contributed by atoms with Gasteiger partial charge in [-0.25, -0.2) is 0 Å². The second-order valence-electron chi connectivity index (χ2n) is 1.48. The van der Waals surface area contributed by atoms with E-state index >= 15 is 0 Å². The van der Waals surface area contributed by atoms with Crippen molar-refractivity contribution in [1.29, 1.82) is 0 Å². The maximum atomic E-state index is 5.62. The molecule has 0 aliphatic heterocycles. The lowest BCUT2D eigenvalue weighted by atomic mass is 10.4. The Hall–Kier alpha value is -0.230. The van der Waals surface area contributed by atoms with Gasteiger partial charge in [0.25, 0.3) is 0 Å². The Morgan fingerprint density at radius 3 is 2.62 bits per heavy atom. The Morgan fingerprint density at radius 1 is 1.62 bits per heavy atom. The standard InChI is InChI=1S/C7H11Cl/c1-3-5-6-7(8)4-2/h4-6H,3H2,1-2H3/b6-5-,7-4+. The van der Waals surface area contributed by atoms with Crippen LogP contribution in [0.3, 0.4) is 0 Å². The lowest BCUT2D eigenvalue weighted by Crippen LogP contribution is -1.58. The first kappa shape index (κ1) is 7.77. The molecule has 0 rings (SSSR count). The molecule has 1 heteroatoms. The molecule has 0 unspecified atom stereocenters. The van der Waals surface area contributed by atoms with Crippen molar-refractivity contribution in [3.8, 4) is 0 Å². The van der Waals surface area contributed by atoms with Crippen molar-refractivity contribution in [2.45, 2.75) is 20.3 Å². The molecule has 0 spiro atoms. The van der Waals surface area contributed by atoms with Crippen LogP contribution in [0.5, 0.6) is 0 Å². The first-order valence-electron chi connectivity index (χ1n) is 2.79. The van der Waals surface area contributed by atoms with Gasteiger partial charge in [-0.1, -0.05) is 30.7 Å². The molecule has 0 bridgehead atoms. The molecule has 0 aromatic carbocycles. The van der Waals surface area contributed by atoms with Crippen LogP contribution in [0.2, 0.25) is 0 Å². The van der Waals surface area contributed by atoms with Crippen molar-refractivity contribution in [3.05, 3.63) is 23.3 Å². The maximum absolute atomic E-state index is 5.62. The lowest BCUT2D eigenvalue weighted by molar-refractivity contribution is 1.22. The van der Waals surface area contributed by atoms with Crippen LogP contribution in [0, 0.1) is 0 Å². The third kappa shape index (κ3) is 3.94. The van der Waals surface area contributed by atoms with Gasteiger partial charge in [0.05, 0.1) is 0 Å². The fourth-order valence-electron chi connectivity index (χ4n) is 0.327. The van der Waals surface area contributed by atoms with Crippen molar-refractivity contribution < 1.29 is 0 Å². The number of allylic oxidation sites excluding steroid dienone is 4. The molecule has 0 fully saturated rings. The molecule has 0 aromatic rings. The average Bonchev–Trinajstić information content (AvgIpc) is 1.83. The summed E-state index contributed by atoms with van der Waals surface area (Å²) in [5.74, 6) is 0. The molecule has 46 valence electrons. The third-order valence-corrected chi connectivity index (χ3v) is 1.13. The zero-order chi connectivity index (χ0) is 6.41. The first-order chi connectivity index (χ1) is 3.81. The Morgan fingerprint density at radius 2 is 2.25 bits per heavy atom. The van der Waals surface area contributed by atoms with Gasteiger partial charge in [0.1, 0.15) is 0 Å². The summed E-state index contributed by atoms with van der Waals surface area (Å²) < 4.78 is 0. The highest BCUT2D eigenvalue weighted by Crippen LogP contribution is 2.01. The van der Waals surface area contributed by atoms with E-state index in [4.69, 9.17) is 11.6 Å². The van der Waals surface area contributed by atoms with E-state index in [9.17, 15) is 0 Å². The molecule has 0 heterocycles. The summed E-state index contributed by atoms with van der Waals surface area (Å²) in [5, 5.41) is 0.812. The van der Waals surface area contributed by atoms with E-state index in [1.165, 1.54) is 0 Å². The van der Waals surface area contributed by atoms with Gasteiger partial charge in [-0.15, -0.1) is 0 Å². The van der Waals surface area contributed by atoms with Gasteiger partial charge in [0.2, 0.25) is 0 Å². The Labute approximate surface area is 55.9 Å². The minimum atomic E-state index is 0.812. The number of halogens is 1. The van der Waals surface area contributed by atoms with Crippen LogP contribution < -0.4 is 0 Å². The zero-order valence-corrected chi connectivity index (χ0v) is 6.07. The second kappa shape index (κ2) is 4.92. The van der Waals surface area contributed by atoms with Gasteiger partial charge in [0.15, 0.2) is 0 Å². The van der Waals surface area contributed by atoms with E-state index < -0.39 is 0 Å². The van der Waals surface area contributed by atoms with Gasteiger partial charge in [-0.2, -0.15) is 0 Å². The highest BCUT2D eigenvalue weighted by molar-refractivity contribution is 6.31. The van der Waals surface area contributed by atoms with Crippen LogP contribution in [0.15, 0.2) is 23.3 Å². The molecule has 0 nitrogen and oxygen atoms in total. The third-order valence-electron chi connectivity index (χ3n) is 0.789. The van der Waals surface area contributed by atoms with Gasteiger partial charge in [-0.3, -0.25) is 0 Å². The predicted octanol–water partition coefficient (Wildman–Crippen LogP) is 3.10. The van der Waals surface area contributed by atoms with Crippen molar-refractivity contribution in [2.24, 2.45) is 0 Å². The first-order valence-corrected chi connectivity index (χ1v) is 3.17. The molecular formula is C7H11Cl. The molecular weight excluding hydrogens is 120 g/mol. The van der Waals surface area contributed by atoms with Crippen LogP contribution in [-0.2, 0) is 0 Å². The summed E-state index contributed by atoms with van der Waals surface area (Å²) in [6, 6.07) is 0. The van der Waals surface area contributed by atoms with E-state index in [-0.39, 0.29) is 0 Å².